The van der Waals surface area contributed by atoms with Crippen LogP contribution in [-0.2, 0) is 4.79 Å². The van der Waals surface area contributed by atoms with Gasteiger partial charge in [0.2, 0.25) is 5.91 Å². The fraction of sp³-hybridized carbons (Fsp3) is 0.200. The predicted octanol–water partition coefficient (Wildman–Crippen LogP) is 2.50. The Bertz CT molecular complexity index is 363. The van der Waals surface area contributed by atoms with Crippen LogP contribution in [0.5, 0.6) is 0 Å². The third kappa shape index (κ3) is 2.85. The summed E-state index contributed by atoms with van der Waals surface area (Å²) in [4.78, 5) is 21.5. The van der Waals surface area contributed by atoms with E-state index in [0.717, 1.165) is 0 Å². The number of carbonyl (C=O) groups is 2. The molecule has 0 aliphatic rings. The first-order valence-electron chi connectivity index (χ1n) is 4.21. The van der Waals surface area contributed by atoms with Gasteiger partial charge in [-0.15, -0.1) is 0 Å². The molecular formula is C10H10ClNO2. The Morgan fingerprint density at radius 1 is 1.50 bits per heavy atom. The standard InChI is InChI=1S/C10H10ClNO2/c1-2-10(14)12-9-4-7(6-13)3-8(11)5-9/h3-6H,2H2,1H3,(H,12,14). The van der Waals surface area contributed by atoms with Gasteiger partial charge in [-0.2, -0.15) is 0 Å². The molecule has 1 N–H and O–H groups in total. The molecule has 0 atom stereocenters. The van der Waals surface area contributed by atoms with Gasteiger partial charge in [-0.3, -0.25) is 9.59 Å². The number of hydrogen-bond donors (Lipinski definition) is 1. The minimum absolute atomic E-state index is 0.107. The summed E-state index contributed by atoms with van der Waals surface area (Å²) in [5, 5.41) is 3.06. The summed E-state index contributed by atoms with van der Waals surface area (Å²) in [6.45, 7) is 1.75. The molecule has 4 heteroatoms. The van der Waals surface area contributed by atoms with Crippen LogP contribution in [0.4, 0.5) is 5.69 Å². The monoisotopic (exact) mass is 211 g/mol. The van der Waals surface area contributed by atoms with Gasteiger partial charge in [-0.25, -0.2) is 0 Å². The van der Waals surface area contributed by atoms with Crippen LogP contribution in [-0.4, -0.2) is 12.2 Å². The molecule has 0 fully saturated rings. The number of amides is 1. The third-order valence-corrected chi connectivity index (χ3v) is 1.88. The number of halogens is 1. The van der Waals surface area contributed by atoms with Gasteiger partial charge < -0.3 is 5.32 Å². The van der Waals surface area contributed by atoms with E-state index >= 15 is 0 Å². The largest absolute Gasteiger partial charge is 0.326 e. The maximum absolute atomic E-state index is 11.0. The summed E-state index contributed by atoms with van der Waals surface area (Å²) < 4.78 is 0. The van der Waals surface area contributed by atoms with E-state index in [-0.39, 0.29) is 5.91 Å². The zero-order valence-electron chi connectivity index (χ0n) is 7.71. The van der Waals surface area contributed by atoms with Crippen LogP contribution in [0, 0.1) is 0 Å². The van der Waals surface area contributed by atoms with Crippen molar-refractivity contribution in [3.63, 3.8) is 0 Å². The number of rotatable bonds is 3. The van der Waals surface area contributed by atoms with Crippen molar-refractivity contribution in [2.45, 2.75) is 13.3 Å². The summed E-state index contributed by atoms with van der Waals surface area (Å²) >= 11 is 5.75. The van der Waals surface area contributed by atoms with Gasteiger partial charge in [0.15, 0.2) is 0 Å². The van der Waals surface area contributed by atoms with Gasteiger partial charge in [0.25, 0.3) is 0 Å². The van der Waals surface area contributed by atoms with Crippen molar-refractivity contribution in [3.8, 4) is 0 Å². The molecule has 0 aromatic heterocycles. The van der Waals surface area contributed by atoms with Crippen molar-refractivity contribution in [3.05, 3.63) is 28.8 Å². The topological polar surface area (TPSA) is 46.2 Å². The van der Waals surface area contributed by atoms with Crippen LogP contribution >= 0.6 is 11.6 Å². The van der Waals surface area contributed by atoms with Crippen LogP contribution in [0.3, 0.4) is 0 Å². The van der Waals surface area contributed by atoms with Gasteiger partial charge in [0.05, 0.1) is 0 Å². The van der Waals surface area contributed by atoms with Crippen molar-refractivity contribution in [2.24, 2.45) is 0 Å². The normalized spacial score (nSPS) is 9.57. The molecule has 0 unspecified atom stereocenters. The highest BCUT2D eigenvalue weighted by molar-refractivity contribution is 6.31. The lowest BCUT2D eigenvalue weighted by Gasteiger charge is -2.04. The van der Waals surface area contributed by atoms with Gasteiger partial charge in [-0.1, -0.05) is 18.5 Å². The second-order valence-electron chi connectivity index (χ2n) is 2.79. The second kappa shape index (κ2) is 4.77. The molecule has 14 heavy (non-hydrogen) atoms. The molecule has 0 aliphatic carbocycles. The number of nitrogens with one attached hydrogen (secondary N) is 1. The molecule has 0 saturated carbocycles. The molecule has 1 aromatic rings. The number of hydrogen-bond acceptors (Lipinski definition) is 2. The summed E-state index contributed by atoms with van der Waals surface area (Å²) in [6.07, 6.45) is 1.08. The molecule has 0 radical (unpaired) electrons. The smallest absolute Gasteiger partial charge is 0.224 e. The third-order valence-electron chi connectivity index (χ3n) is 1.66. The summed E-state index contributed by atoms with van der Waals surface area (Å²) in [5.74, 6) is -0.107. The quantitative estimate of drug-likeness (QED) is 0.781. The molecule has 0 bridgehead atoms. The van der Waals surface area contributed by atoms with Gasteiger partial charge in [0, 0.05) is 22.7 Å². The predicted molar refractivity (Wildman–Crippen MR) is 55.8 cm³/mol. The molecule has 0 saturated heterocycles. The Morgan fingerprint density at radius 3 is 2.79 bits per heavy atom. The lowest BCUT2D eigenvalue weighted by molar-refractivity contribution is -0.115. The van der Waals surface area contributed by atoms with E-state index in [1.165, 1.54) is 6.07 Å². The first-order chi connectivity index (χ1) is 6.65. The van der Waals surface area contributed by atoms with E-state index in [1.54, 1.807) is 19.1 Å². The average Bonchev–Trinajstić information content (AvgIpc) is 2.16. The molecule has 3 nitrogen and oxygen atoms in total. The lowest BCUT2D eigenvalue weighted by Crippen LogP contribution is -2.09. The molecule has 1 aromatic carbocycles. The molecule has 1 rings (SSSR count). The summed E-state index contributed by atoms with van der Waals surface area (Å²) in [5.41, 5.74) is 0.996. The molecule has 0 aliphatic heterocycles. The van der Waals surface area contributed by atoms with E-state index < -0.39 is 0 Å². The van der Waals surface area contributed by atoms with Crippen molar-refractivity contribution < 1.29 is 9.59 Å². The van der Waals surface area contributed by atoms with Crippen molar-refractivity contribution in [1.29, 1.82) is 0 Å². The van der Waals surface area contributed by atoms with E-state index in [2.05, 4.69) is 5.32 Å². The maximum Gasteiger partial charge on any atom is 0.224 e. The fourth-order valence-corrected chi connectivity index (χ4v) is 1.25. The zero-order chi connectivity index (χ0) is 10.6. The molecular weight excluding hydrogens is 202 g/mol. The molecule has 0 spiro atoms. The van der Waals surface area contributed by atoms with Crippen LogP contribution in [0.15, 0.2) is 18.2 Å². The van der Waals surface area contributed by atoms with E-state index in [1.807, 2.05) is 0 Å². The van der Waals surface area contributed by atoms with E-state index in [9.17, 15) is 9.59 Å². The number of aldehydes is 1. The number of anilines is 1. The zero-order valence-corrected chi connectivity index (χ0v) is 8.47. The number of carbonyl (C=O) groups excluding carboxylic acids is 2. The Hall–Kier alpha value is -1.35. The van der Waals surface area contributed by atoms with Crippen molar-refractivity contribution in [2.75, 3.05) is 5.32 Å². The van der Waals surface area contributed by atoms with Gasteiger partial charge >= 0.3 is 0 Å². The summed E-state index contributed by atoms with van der Waals surface area (Å²) in [7, 11) is 0. The Balaban J connectivity index is 2.91. The summed E-state index contributed by atoms with van der Waals surface area (Å²) in [6, 6.07) is 4.71. The lowest BCUT2D eigenvalue weighted by atomic mass is 10.2. The van der Waals surface area contributed by atoms with E-state index in [4.69, 9.17) is 11.6 Å². The second-order valence-corrected chi connectivity index (χ2v) is 3.23. The Morgan fingerprint density at radius 2 is 2.21 bits per heavy atom. The Kier molecular flexibility index (Phi) is 3.65. The van der Waals surface area contributed by atoms with Crippen LogP contribution in [0.1, 0.15) is 23.7 Å². The minimum Gasteiger partial charge on any atom is -0.326 e. The molecule has 0 heterocycles. The van der Waals surface area contributed by atoms with Gasteiger partial charge in [-0.05, 0) is 18.2 Å². The first-order valence-corrected chi connectivity index (χ1v) is 4.59. The van der Waals surface area contributed by atoms with Crippen LogP contribution < -0.4 is 5.32 Å². The maximum atomic E-state index is 11.0. The molecule has 1 amide bonds. The van der Waals surface area contributed by atoms with Crippen molar-refractivity contribution >= 4 is 29.5 Å². The highest BCUT2D eigenvalue weighted by Crippen LogP contribution is 2.18. The highest BCUT2D eigenvalue weighted by Gasteiger charge is 2.01. The van der Waals surface area contributed by atoms with Gasteiger partial charge in [0.1, 0.15) is 6.29 Å². The Labute approximate surface area is 87.1 Å². The van der Waals surface area contributed by atoms with Crippen LogP contribution in [0.25, 0.3) is 0 Å². The molecule has 74 valence electrons. The minimum atomic E-state index is -0.107. The fourth-order valence-electron chi connectivity index (χ4n) is 1.00. The highest BCUT2D eigenvalue weighted by atomic mass is 35.5. The van der Waals surface area contributed by atoms with Crippen molar-refractivity contribution in [1.82, 2.24) is 0 Å². The first kappa shape index (κ1) is 10.7. The van der Waals surface area contributed by atoms with Crippen LogP contribution in [0.2, 0.25) is 5.02 Å². The van der Waals surface area contributed by atoms with E-state index in [0.29, 0.717) is 29.0 Å². The average molecular weight is 212 g/mol. The number of benzene rings is 1. The SMILES string of the molecule is CCC(=O)Nc1cc(Cl)cc(C=O)c1.